The normalized spacial score (nSPS) is 10.9. The van der Waals surface area contributed by atoms with Crippen LogP contribution in [0.25, 0.3) is 0 Å². The Kier molecular flexibility index (Phi) is 4.84. The van der Waals surface area contributed by atoms with Crippen molar-refractivity contribution in [2.75, 3.05) is 12.3 Å². The standard InChI is InChI=1S/C10H18N4S/c1-8(2)11-5-9(3)6-15-10-12-7-13-14(10)4/h7-8,11H,3,5-6H2,1-2,4H3. The van der Waals surface area contributed by atoms with Gasteiger partial charge < -0.3 is 5.32 Å². The molecule has 0 spiro atoms. The van der Waals surface area contributed by atoms with Crippen LogP contribution in [0.4, 0.5) is 0 Å². The summed E-state index contributed by atoms with van der Waals surface area (Å²) in [6.45, 7) is 9.13. The summed E-state index contributed by atoms with van der Waals surface area (Å²) < 4.78 is 1.77. The number of thioether (sulfide) groups is 1. The average Bonchev–Trinajstić information content (AvgIpc) is 2.58. The molecule has 0 atom stereocenters. The highest BCUT2D eigenvalue weighted by molar-refractivity contribution is 7.99. The molecular weight excluding hydrogens is 208 g/mol. The van der Waals surface area contributed by atoms with Crippen LogP contribution in [0.1, 0.15) is 13.8 Å². The highest BCUT2D eigenvalue weighted by Gasteiger charge is 2.02. The number of hydrogen-bond donors (Lipinski definition) is 1. The molecule has 1 N–H and O–H groups in total. The van der Waals surface area contributed by atoms with E-state index in [-0.39, 0.29) is 0 Å². The molecule has 15 heavy (non-hydrogen) atoms. The van der Waals surface area contributed by atoms with Crippen molar-refractivity contribution >= 4 is 11.8 Å². The van der Waals surface area contributed by atoms with Gasteiger partial charge in [-0.1, -0.05) is 37.8 Å². The quantitative estimate of drug-likeness (QED) is 0.589. The van der Waals surface area contributed by atoms with Crippen LogP contribution in [0.5, 0.6) is 0 Å². The zero-order chi connectivity index (χ0) is 11.3. The molecule has 1 aromatic rings. The van der Waals surface area contributed by atoms with Crippen LogP contribution in [0.2, 0.25) is 0 Å². The number of rotatable bonds is 6. The van der Waals surface area contributed by atoms with E-state index in [0.29, 0.717) is 6.04 Å². The van der Waals surface area contributed by atoms with Gasteiger partial charge in [-0.05, 0) is 0 Å². The molecule has 0 radical (unpaired) electrons. The van der Waals surface area contributed by atoms with Crippen molar-refractivity contribution in [3.63, 3.8) is 0 Å². The summed E-state index contributed by atoms with van der Waals surface area (Å²) in [5, 5.41) is 8.27. The average molecular weight is 226 g/mol. The largest absolute Gasteiger partial charge is 0.311 e. The van der Waals surface area contributed by atoms with E-state index in [4.69, 9.17) is 0 Å². The van der Waals surface area contributed by atoms with Crippen molar-refractivity contribution in [2.45, 2.75) is 25.0 Å². The molecule has 0 aliphatic heterocycles. The van der Waals surface area contributed by atoms with E-state index in [1.54, 1.807) is 22.8 Å². The molecule has 0 aliphatic carbocycles. The first-order valence-electron chi connectivity index (χ1n) is 4.96. The zero-order valence-corrected chi connectivity index (χ0v) is 10.3. The molecule has 0 unspecified atom stereocenters. The van der Waals surface area contributed by atoms with E-state index < -0.39 is 0 Å². The maximum atomic E-state index is 4.14. The lowest BCUT2D eigenvalue weighted by Crippen LogP contribution is -2.25. The fraction of sp³-hybridized carbons (Fsp3) is 0.600. The Balaban J connectivity index is 2.26. The monoisotopic (exact) mass is 226 g/mol. The predicted octanol–water partition coefficient (Wildman–Crippen LogP) is 1.46. The summed E-state index contributed by atoms with van der Waals surface area (Å²) in [5.74, 6) is 0.881. The first-order valence-corrected chi connectivity index (χ1v) is 5.95. The van der Waals surface area contributed by atoms with E-state index in [1.807, 2.05) is 7.05 Å². The van der Waals surface area contributed by atoms with Crippen molar-refractivity contribution in [3.8, 4) is 0 Å². The van der Waals surface area contributed by atoms with Gasteiger partial charge in [0, 0.05) is 25.4 Å². The molecule has 0 saturated carbocycles. The fourth-order valence-corrected chi connectivity index (χ4v) is 1.77. The van der Waals surface area contributed by atoms with Gasteiger partial charge in [-0.2, -0.15) is 5.10 Å². The molecule has 0 bridgehead atoms. The molecule has 1 heterocycles. The Morgan fingerprint density at radius 3 is 2.93 bits per heavy atom. The minimum atomic E-state index is 0.501. The summed E-state index contributed by atoms with van der Waals surface area (Å²) in [7, 11) is 1.89. The second-order valence-electron chi connectivity index (χ2n) is 3.74. The Morgan fingerprint density at radius 2 is 2.40 bits per heavy atom. The number of nitrogens with zero attached hydrogens (tertiary/aromatic N) is 3. The van der Waals surface area contributed by atoms with E-state index in [2.05, 4.69) is 35.8 Å². The van der Waals surface area contributed by atoms with Gasteiger partial charge in [0.2, 0.25) is 0 Å². The summed E-state index contributed by atoms with van der Waals surface area (Å²) in [4.78, 5) is 4.14. The molecule has 4 nitrogen and oxygen atoms in total. The third kappa shape index (κ3) is 4.48. The van der Waals surface area contributed by atoms with Crippen molar-refractivity contribution in [2.24, 2.45) is 7.05 Å². The molecule has 1 rings (SSSR count). The summed E-state index contributed by atoms with van der Waals surface area (Å²) >= 11 is 1.66. The third-order valence-electron chi connectivity index (χ3n) is 1.84. The number of aryl methyl sites for hydroxylation is 1. The molecule has 0 aliphatic rings. The Hall–Kier alpha value is -0.810. The van der Waals surface area contributed by atoms with Crippen LogP contribution in [0.15, 0.2) is 23.6 Å². The van der Waals surface area contributed by atoms with Crippen LogP contribution in [-0.4, -0.2) is 33.1 Å². The van der Waals surface area contributed by atoms with Gasteiger partial charge in [0.25, 0.3) is 0 Å². The van der Waals surface area contributed by atoms with Crippen molar-refractivity contribution < 1.29 is 0 Å². The predicted molar refractivity (Wildman–Crippen MR) is 64.0 cm³/mol. The van der Waals surface area contributed by atoms with E-state index in [1.165, 1.54) is 5.57 Å². The highest BCUT2D eigenvalue weighted by atomic mass is 32.2. The fourth-order valence-electron chi connectivity index (χ4n) is 0.982. The Labute approximate surface area is 95.2 Å². The summed E-state index contributed by atoms with van der Waals surface area (Å²) in [6.07, 6.45) is 1.57. The Bertz CT molecular complexity index is 319. The molecule has 0 amide bonds. The van der Waals surface area contributed by atoms with Gasteiger partial charge in [0.05, 0.1) is 0 Å². The van der Waals surface area contributed by atoms with Gasteiger partial charge in [-0.25, -0.2) is 9.67 Å². The zero-order valence-electron chi connectivity index (χ0n) is 9.53. The molecule has 84 valence electrons. The molecular formula is C10H18N4S. The minimum absolute atomic E-state index is 0.501. The highest BCUT2D eigenvalue weighted by Crippen LogP contribution is 2.15. The number of aromatic nitrogens is 3. The van der Waals surface area contributed by atoms with Gasteiger partial charge in [0.15, 0.2) is 5.16 Å². The number of hydrogen-bond acceptors (Lipinski definition) is 4. The Morgan fingerprint density at radius 1 is 1.67 bits per heavy atom. The van der Waals surface area contributed by atoms with Crippen molar-refractivity contribution in [1.82, 2.24) is 20.1 Å². The second-order valence-corrected chi connectivity index (χ2v) is 4.68. The van der Waals surface area contributed by atoms with Crippen molar-refractivity contribution in [1.29, 1.82) is 0 Å². The molecule has 5 heteroatoms. The number of nitrogens with one attached hydrogen (secondary N) is 1. The lowest BCUT2D eigenvalue weighted by molar-refractivity contribution is 0.622. The SMILES string of the molecule is C=C(CNC(C)C)CSc1ncnn1C. The molecule has 0 aromatic carbocycles. The second kappa shape index (κ2) is 5.92. The van der Waals surface area contributed by atoms with Crippen LogP contribution in [0, 0.1) is 0 Å². The van der Waals surface area contributed by atoms with E-state index in [0.717, 1.165) is 17.5 Å². The summed E-state index contributed by atoms with van der Waals surface area (Å²) in [6, 6.07) is 0.501. The van der Waals surface area contributed by atoms with Crippen LogP contribution in [-0.2, 0) is 7.05 Å². The lowest BCUT2D eigenvalue weighted by atomic mass is 10.3. The van der Waals surface area contributed by atoms with Crippen molar-refractivity contribution in [3.05, 3.63) is 18.5 Å². The smallest absolute Gasteiger partial charge is 0.186 e. The van der Waals surface area contributed by atoms with E-state index >= 15 is 0 Å². The molecule has 0 saturated heterocycles. The maximum absolute atomic E-state index is 4.14. The van der Waals surface area contributed by atoms with Gasteiger partial charge in [-0.15, -0.1) is 0 Å². The van der Waals surface area contributed by atoms with Crippen LogP contribution in [0.3, 0.4) is 0 Å². The van der Waals surface area contributed by atoms with Crippen LogP contribution >= 0.6 is 11.8 Å². The molecule has 1 aromatic heterocycles. The summed E-state index contributed by atoms with van der Waals surface area (Å²) in [5.41, 5.74) is 1.18. The van der Waals surface area contributed by atoms with Gasteiger partial charge in [0.1, 0.15) is 6.33 Å². The molecule has 0 fully saturated rings. The first-order chi connectivity index (χ1) is 7.09. The van der Waals surface area contributed by atoms with Crippen LogP contribution < -0.4 is 5.32 Å². The van der Waals surface area contributed by atoms with Gasteiger partial charge >= 0.3 is 0 Å². The minimum Gasteiger partial charge on any atom is -0.311 e. The van der Waals surface area contributed by atoms with E-state index in [9.17, 15) is 0 Å². The topological polar surface area (TPSA) is 42.7 Å². The van der Waals surface area contributed by atoms with Gasteiger partial charge in [-0.3, -0.25) is 0 Å². The third-order valence-corrected chi connectivity index (χ3v) is 3.02. The lowest BCUT2D eigenvalue weighted by Gasteiger charge is -2.09. The maximum Gasteiger partial charge on any atom is 0.186 e. The first kappa shape index (κ1) is 12.3.